The van der Waals surface area contributed by atoms with E-state index in [9.17, 15) is 4.79 Å². The van der Waals surface area contributed by atoms with E-state index in [4.69, 9.17) is 4.74 Å². The van der Waals surface area contributed by atoms with Crippen molar-refractivity contribution in [3.63, 3.8) is 0 Å². The number of halogens is 1. The van der Waals surface area contributed by atoms with Crippen LogP contribution in [0, 0.1) is 13.8 Å². The second kappa shape index (κ2) is 6.05. The number of esters is 1. The van der Waals surface area contributed by atoms with Gasteiger partial charge in [-0.15, -0.1) is 0 Å². The highest BCUT2D eigenvalue weighted by Gasteiger charge is 2.18. The van der Waals surface area contributed by atoms with Crippen LogP contribution in [0.2, 0.25) is 0 Å². The molecule has 0 spiro atoms. The first-order chi connectivity index (χ1) is 7.99. The van der Waals surface area contributed by atoms with Crippen molar-refractivity contribution >= 4 is 27.6 Å². The summed E-state index contributed by atoms with van der Waals surface area (Å²) in [5, 5.41) is 3.25. The molecular weight excluding hydrogens is 282 g/mol. The molecule has 1 atom stereocenters. The first-order valence-electron chi connectivity index (χ1n) is 5.60. The summed E-state index contributed by atoms with van der Waals surface area (Å²) >= 11 is 3.45. The van der Waals surface area contributed by atoms with Gasteiger partial charge in [0, 0.05) is 10.2 Å². The van der Waals surface area contributed by atoms with E-state index in [-0.39, 0.29) is 12.0 Å². The molecule has 0 saturated carbocycles. The van der Waals surface area contributed by atoms with Crippen molar-refractivity contribution in [2.45, 2.75) is 33.2 Å². The van der Waals surface area contributed by atoms with E-state index in [2.05, 4.69) is 21.2 Å². The maximum Gasteiger partial charge on any atom is 0.328 e. The first kappa shape index (κ1) is 14.0. The van der Waals surface area contributed by atoms with Gasteiger partial charge in [0.2, 0.25) is 0 Å². The van der Waals surface area contributed by atoms with Gasteiger partial charge in [-0.05, 0) is 43.5 Å². The third kappa shape index (κ3) is 3.46. The Labute approximate surface area is 111 Å². The van der Waals surface area contributed by atoms with Gasteiger partial charge in [0.1, 0.15) is 6.04 Å². The molecule has 0 saturated heterocycles. The number of ether oxygens (including phenoxy) is 1. The van der Waals surface area contributed by atoms with E-state index in [0.29, 0.717) is 6.42 Å². The fraction of sp³-hybridized carbons (Fsp3) is 0.462. The van der Waals surface area contributed by atoms with Crippen LogP contribution in [0.25, 0.3) is 0 Å². The number of nitrogens with one attached hydrogen (secondary N) is 1. The third-order valence-electron chi connectivity index (χ3n) is 2.71. The van der Waals surface area contributed by atoms with Gasteiger partial charge in [-0.25, -0.2) is 4.79 Å². The molecule has 0 aliphatic heterocycles. The van der Waals surface area contributed by atoms with Crippen molar-refractivity contribution in [2.75, 3.05) is 12.4 Å². The molecule has 1 aromatic carbocycles. The van der Waals surface area contributed by atoms with Crippen LogP contribution in [-0.4, -0.2) is 19.1 Å². The topological polar surface area (TPSA) is 38.3 Å². The summed E-state index contributed by atoms with van der Waals surface area (Å²) in [7, 11) is 1.41. The lowest BCUT2D eigenvalue weighted by atomic mass is 10.1. The molecule has 0 aliphatic carbocycles. The Morgan fingerprint density at radius 3 is 2.35 bits per heavy atom. The standard InChI is InChI=1S/C13H18BrNO2/c1-5-11(13(16)17-4)15-12-8(2)6-10(14)7-9(12)3/h6-7,11,15H,5H2,1-4H3. The summed E-state index contributed by atoms with van der Waals surface area (Å²) in [5.41, 5.74) is 3.23. The van der Waals surface area contributed by atoms with Crippen LogP contribution in [-0.2, 0) is 9.53 Å². The van der Waals surface area contributed by atoms with Crippen LogP contribution in [0.3, 0.4) is 0 Å². The minimum absolute atomic E-state index is 0.228. The van der Waals surface area contributed by atoms with Gasteiger partial charge in [0.15, 0.2) is 0 Å². The van der Waals surface area contributed by atoms with Crippen LogP contribution in [0.4, 0.5) is 5.69 Å². The van der Waals surface area contributed by atoms with Crippen molar-refractivity contribution in [3.8, 4) is 0 Å². The summed E-state index contributed by atoms with van der Waals surface area (Å²) in [6.07, 6.45) is 0.696. The van der Waals surface area contributed by atoms with E-state index >= 15 is 0 Å². The van der Waals surface area contributed by atoms with Crippen LogP contribution in [0.5, 0.6) is 0 Å². The normalized spacial score (nSPS) is 12.1. The van der Waals surface area contributed by atoms with Gasteiger partial charge >= 0.3 is 5.97 Å². The van der Waals surface area contributed by atoms with Crippen LogP contribution >= 0.6 is 15.9 Å². The molecule has 0 fully saturated rings. The maximum atomic E-state index is 11.5. The Balaban J connectivity index is 2.98. The predicted octanol–water partition coefficient (Wildman–Crippen LogP) is 3.43. The number of anilines is 1. The molecule has 94 valence electrons. The molecule has 1 rings (SSSR count). The highest BCUT2D eigenvalue weighted by Crippen LogP contribution is 2.26. The molecule has 0 aliphatic rings. The Morgan fingerprint density at radius 1 is 1.41 bits per heavy atom. The summed E-state index contributed by atoms with van der Waals surface area (Å²) in [5.74, 6) is -0.228. The van der Waals surface area contributed by atoms with Gasteiger partial charge in [-0.1, -0.05) is 22.9 Å². The quantitative estimate of drug-likeness (QED) is 0.866. The second-order valence-electron chi connectivity index (χ2n) is 4.04. The molecule has 4 heteroatoms. The molecule has 0 aromatic heterocycles. The SMILES string of the molecule is CCC(Nc1c(C)cc(Br)cc1C)C(=O)OC. The largest absolute Gasteiger partial charge is 0.467 e. The van der Waals surface area contributed by atoms with E-state index < -0.39 is 0 Å². The van der Waals surface area contributed by atoms with Crippen molar-refractivity contribution in [3.05, 3.63) is 27.7 Å². The van der Waals surface area contributed by atoms with Gasteiger partial charge in [-0.2, -0.15) is 0 Å². The lowest BCUT2D eigenvalue weighted by molar-refractivity contribution is -0.141. The predicted molar refractivity (Wildman–Crippen MR) is 73.3 cm³/mol. The zero-order valence-electron chi connectivity index (χ0n) is 10.6. The zero-order chi connectivity index (χ0) is 13.0. The number of methoxy groups -OCH3 is 1. The molecule has 0 radical (unpaired) electrons. The number of aryl methyl sites for hydroxylation is 2. The molecule has 1 N–H and O–H groups in total. The summed E-state index contributed by atoms with van der Waals surface area (Å²) < 4.78 is 5.81. The van der Waals surface area contributed by atoms with E-state index in [1.54, 1.807) is 0 Å². The minimum atomic E-state index is -0.293. The monoisotopic (exact) mass is 299 g/mol. The number of carbonyl (C=O) groups is 1. The Hall–Kier alpha value is -1.03. The Bertz CT molecular complexity index is 395. The zero-order valence-corrected chi connectivity index (χ0v) is 12.2. The molecule has 0 bridgehead atoms. The van der Waals surface area contributed by atoms with Crippen molar-refractivity contribution in [2.24, 2.45) is 0 Å². The minimum Gasteiger partial charge on any atom is -0.467 e. The molecule has 0 heterocycles. The van der Waals surface area contributed by atoms with Crippen LogP contribution in [0.1, 0.15) is 24.5 Å². The Morgan fingerprint density at radius 2 is 1.94 bits per heavy atom. The summed E-state index contributed by atoms with van der Waals surface area (Å²) in [6.45, 7) is 5.99. The highest BCUT2D eigenvalue weighted by molar-refractivity contribution is 9.10. The summed E-state index contributed by atoms with van der Waals surface area (Å²) in [4.78, 5) is 11.5. The first-order valence-corrected chi connectivity index (χ1v) is 6.40. The lowest BCUT2D eigenvalue weighted by Crippen LogP contribution is -2.30. The van der Waals surface area contributed by atoms with Crippen LogP contribution < -0.4 is 5.32 Å². The van der Waals surface area contributed by atoms with Crippen LogP contribution in [0.15, 0.2) is 16.6 Å². The van der Waals surface area contributed by atoms with Gasteiger partial charge in [0.05, 0.1) is 7.11 Å². The average Bonchev–Trinajstić information content (AvgIpc) is 2.27. The second-order valence-corrected chi connectivity index (χ2v) is 4.96. The molecule has 1 aromatic rings. The van der Waals surface area contributed by atoms with Crippen molar-refractivity contribution < 1.29 is 9.53 Å². The molecule has 3 nitrogen and oxygen atoms in total. The number of carbonyl (C=O) groups excluding carboxylic acids is 1. The lowest BCUT2D eigenvalue weighted by Gasteiger charge is -2.19. The average molecular weight is 300 g/mol. The molecule has 0 amide bonds. The number of benzene rings is 1. The smallest absolute Gasteiger partial charge is 0.328 e. The third-order valence-corrected chi connectivity index (χ3v) is 3.17. The number of hydrogen-bond acceptors (Lipinski definition) is 3. The fourth-order valence-corrected chi connectivity index (χ4v) is 2.47. The van der Waals surface area contributed by atoms with Gasteiger partial charge < -0.3 is 10.1 Å². The van der Waals surface area contributed by atoms with E-state index in [0.717, 1.165) is 21.3 Å². The molecule has 1 unspecified atom stereocenters. The van der Waals surface area contributed by atoms with Gasteiger partial charge in [0.25, 0.3) is 0 Å². The summed E-state index contributed by atoms with van der Waals surface area (Å²) in [6, 6.07) is 3.76. The maximum absolute atomic E-state index is 11.5. The Kier molecular flexibility index (Phi) is 5.00. The molecular formula is C13H18BrNO2. The number of rotatable bonds is 4. The highest BCUT2D eigenvalue weighted by atomic mass is 79.9. The number of hydrogen-bond donors (Lipinski definition) is 1. The van der Waals surface area contributed by atoms with Crippen molar-refractivity contribution in [1.29, 1.82) is 0 Å². The fourth-order valence-electron chi connectivity index (χ4n) is 1.78. The van der Waals surface area contributed by atoms with E-state index in [1.807, 2.05) is 32.9 Å². The van der Waals surface area contributed by atoms with Gasteiger partial charge in [-0.3, -0.25) is 0 Å². The van der Waals surface area contributed by atoms with Crippen molar-refractivity contribution in [1.82, 2.24) is 0 Å². The molecule has 17 heavy (non-hydrogen) atoms. The van der Waals surface area contributed by atoms with E-state index in [1.165, 1.54) is 7.11 Å².